The number of benzene rings is 2. The largest absolute Gasteiger partial charge is 0.508 e. The molecule has 156 valence electrons. The first-order valence-corrected chi connectivity index (χ1v) is 9.83. The molecule has 2 saturated heterocycles. The van der Waals surface area contributed by atoms with E-state index in [4.69, 9.17) is 9.47 Å². The highest BCUT2D eigenvalue weighted by Gasteiger charge is 2.47. The van der Waals surface area contributed by atoms with Crippen molar-refractivity contribution in [3.63, 3.8) is 0 Å². The lowest BCUT2D eigenvalue weighted by Crippen LogP contribution is -2.36. The van der Waals surface area contributed by atoms with Gasteiger partial charge in [-0.25, -0.2) is 0 Å². The topological polar surface area (TPSA) is 96.3 Å². The molecule has 0 aromatic heterocycles. The van der Waals surface area contributed by atoms with Crippen LogP contribution in [-0.4, -0.2) is 53.2 Å². The zero-order chi connectivity index (χ0) is 21.3. The first-order chi connectivity index (χ1) is 14.5. The summed E-state index contributed by atoms with van der Waals surface area (Å²) >= 11 is 0. The van der Waals surface area contributed by atoms with Crippen LogP contribution in [0.15, 0.2) is 54.1 Å². The lowest BCUT2D eigenvalue weighted by Gasteiger charge is -2.27. The van der Waals surface area contributed by atoms with Gasteiger partial charge in [0.1, 0.15) is 17.3 Å². The molecule has 2 aliphatic rings. The van der Waals surface area contributed by atoms with Crippen LogP contribution in [0, 0.1) is 0 Å². The highest BCUT2D eigenvalue weighted by Crippen LogP contribution is 2.40. The molecule has 1 amide bonds. The van der Waals surface area contributed by atoms with Crippen molar-refractivity contribution in [2.75, 3.05) is 20.3 Å². The number of phenols is 1. The van der Waals surface area contributed by atoms with Crippen molar-refractivity contribution in [1.29, 1.82) is 0 Å². The normalized spacial score (nSPS) is 23.2. The molecule has 0 saturated carbocycles. The summed E-state index contributed by atoms with van der Waals surface area (Å²) in [5.74, 6) is -1.09. The standard InChI is InChI=1S/C23H23NO6/c1-29-17-9-7-14(8-10-17)21(26)19-20(15-4-2-5-16(25)12-15)24(23(28)22(19)27)13-18-6-3-11-30-18/h2,4-5,7-10,12,18,20,25-26H,3,6,11,13H2,1H3/t18-,20-/m0/s1. The van der Waals surface area contributed by atoms with Gasteiger partial charge < -0.3 is 24.6 Å². The molecule has 7 heteroatoms. The van der Waals surface area contributed by atoms with Gasteiger partial charge in [0.05, 0.1) is 24.8 Å². The molecule has 2 N–H and O–H groups in total. The second kappa shape index (κ2) is 8.20. The van der Waals surface area contributed by atoms with Gasteiger partial charge in [-0.3, -0.25) is 9.59 Å². The summed E-state index contributed by atoms with van der Waals surface area (Å²) < 4.78 is 10.8. The smallest absolute Gasteiger partial charge is 0.295 e. The van der Waals surface area contributed by atoms with Gasteiger partial charge in [0.15, 0.2) is 0 Å². The Kier molecular flexibility index (Phi) is 5.46. The number of likely N-dealkylation sites (tertiary alicyclic amines) is 1. The molecule has 0 spiro atoms. The molecule has 30 heavy (non-hydrogen) atoms. The summed E-state index contributed by atoms with van der Waals surface area (Å²) in [6.45, 7) is 0.863. The van der Waals surface area contributed by atoms with E-state index in [-0.39, 0.29) is 29.7 Å². The fourth-order valence-corrected chi connectivity index (χ4v) is 4.02. The lowest BCUT2D eigenvalue weighted by atomic mass is 9.95. The number of nitrogens with zero attached hydrogens (tertiary/aromatic N) is 1. The van der Waals surface area contributed by atoms with E-state index in [9.17, 15) is 19.8 Å². The van der Waals surface area contributed by atoms with Crippen molar-refractivity contribution >= 4 is 17.4 Å². The summed E-state index contributed by atoms with van der Waals surface area (Å²) in [4.78, 5) is 27.3. The first kappa shape index (κ1) is 20.0. The second-order valence-electron chi connectivity index (χ2n) is 7.41. The maximum absolute atomic E-state index is 13.0. The number of ether oxygens (including phenoxy) is 2. The second-order valence-corrected chi connectivity index (χ2v) is 7.41. The molecule has 0 radical (unpaired) electrons. The SMILES string of the molecule is COc1ccc(C(O)=C2C(=O)C(=O)N(C[C@@H]3CCCO3)[C@H]2c2cccc(O)c2)cc1. The quantitative estimate of drug-likeness (QED) is 0.448. The average Bonchev–Trinajstić information content (AvgIpc) is 3.36. The molecule has 2 aromatic carbocycles. The zero-order valence-electron chi connectivity index (χ0n) is 16.6. The minimum atomic E-state index is -0.816. The number of carbonyl (C=O) groups is 2. The van der Waals surface area contributed by atoms with Crippen LogP contribution in [-0.2, 0) is 14.3 Å². The first-order valence-electron chi connectivity index (χ1n) is 9.83. The molecular weight excluding hydrogens is 386 g/mol. The van der Waals surface area contributed by atoms with Crippen LogP contribution in [0.2, 0.25) is 0 Å². The summed E-state index contributed by atoms with van der Waals surface area (Å²) in [6, 6.07) is 12.1. The molecule has 2 aromatic rings. The van der Waals surface area contributed by atoms with Gasteiger partial charge in [-0.05, 0) is 54.8 Å². The zero-order valence-corrected chi connectivity index (χ0v) is 16.6. The number of aromatic hydroxyl groups is 1. The summed E-state index contributed by atoms with van der Waals surface area (Å²) in [7, 11) is 1.54. The van der Waals surface area contributed by atoms with Crippen LogP contribution in [0.4, 0.5) is 0 Å². The molecule has 2 aliphatic heterocycles. The van der Waals surface area contributed by atoms with E-state index in [1.165, 1.54) is 24.1 Å². The fourth-order valence-electron chi connectivity index (χ4n) is 4.02. The predicted octanol–water partition coefficient (Wildman–Crippen LogP) is 3.00. The molecule has 0 unspecified atom stereocenters. The number of rotatable bonds is 5. The molecule has 2 atom stereocenters. The number of phenolic OH excluding ortho intramolecular Hbond substituents is 1. The molecule has 0 aliphatic carbocycles. The lowest BCUT2D eigenvalue weighted by molar-refractivity contribution is -0.140. The third kappa shape index (κ3) is 3.64. The Hall–Kier alpha value is -3.32. The van der Waals surface area contributed by atoms with Crippen molar-refractivity contribution < 1.29 is 29.3 Å². The molecular formula is C23H23NO6. The maximum atomic E-state index is 13.0. The van der Waals surface area contributed by atoms with Crippen LogP contribution in [0.3, 0.4) is 0 Å². The summed E-state index contributed by atoms with van der Waals surface area (Å²) in [5, 5.41) is 21.0. The molecule has 4 rings (SSSR count). The minimum absolute atomic E-state index is 0.00577. The van der Waals surface area contributed by atoms with Gasteiger partial charge in [-0.1, -0.05) is 12.1 Å². The van der Waals surface area contributed by atoms with Crippen molar-refractivity contribution in [3.8, 4) is 11.5 Å². The van der Waals surface area contributed by atoms with Crippen molar-refractivity contribution in [2.24, 2.45) is 0 Å². The maximum Gasteiger partial charge on any atom is 0.295 e. The molecule has 7 nitrogen and oxygen atoms in total. The van der Waals surface area contributed by atoms with Crippen LogP contribution < -0.4 is 4.74 Å². The Balaban J connectivity index is 1.81. The number of methoxy groups -OCH3 is 1. The van der Waals surface area contributed by atoms with Gasteiger partial charge in [-0.15, -0.1) is 0 Å². The van der Waals surface area contributed by atoms with E-state index in [1.54, 1.807) is 36.4 Å². The average molecular weight is 409 g/mol. The number of aliphatic hydroxyl groups is 1. The van der Waals surface area contributed by atoms with Gasteiger partial charge in [0.2, 0.25) is 0 Å². The van der Waals surface area contributed by atoms with Crippen LogP contribution in [0.25, 0.3) is 5.76 Å². The molecule has 2 heterocycles. The van der Waals surface area contributed by atoms with E-state index >= 15 is 0 Å². The Bertz CT molecular complexity index is 991. The van der Waals surface area contributed by atoms with Crippen molar-refractivity contribution in [2.45, 2.75) is 25.0 Å². The highest BCUT2D eigenvalue weighted by atomic mass is 16.5. The number of hydrogen-bond acceptors (Lipinski definition) is 6. The van der Waals surface area contributed by atoms with Gasteiger partial charge in [-0.2, -0.15) is 0 Å². The van der Waals surface area contributed by atoms with Crippen LogP contribution in [0.1, 0.15) is 30.0 Å². The summed E-state index contributed by atoms with van der Waals surface area (Å²) in [5.41, 5.74) is 0.937. The number of carbonyl (C=O) groups excluding carboxylic acids is 2. The highest BCUT2D eigenvalue weighted by molar-refractivity contribution is 6.46. The van der Waals surface area contributed by atoms with Crippen LogP contribution in [0.5, 0.6) is 11.5 Å². The number of ketones is 1. The van der Waals surface area contributed by atoms with Crippen molar-refractivity contribution in [1.82, 2.24) is 4.90 Å². The van der Waals surface area contributed by atoms with E-state index in [1.807, 2.05) is 0 Å². The Morgan fingerprint density at radius 3 is 2.60 bits per heavy atom. The fraction of sp³-hybridized carbons (Fsp3) is 0.304. The number of Topliss-reactive ketones (excluding diaryl/α,β-unsaturated/α-hetero) is 1. The molecule has 2 fully saturated rings. The monoisotopic (exact) mass is 409 g/mol. The van der Waals surface area contributed by atoms with Crippen LogP contribution >= 0.6 is 0 Å². The van der Waals surface area contributed by atoms with Gasteiger partial charge >= 0.3 is 0 Å². The molecule has 0 bridgehead atoms. The third-order valence-electron chi connectivity index (χ3n) is 5.51. The van der Waals surface area contributed by atoms with Crippen molar-refractivity contribution in [3.05, 3.63) is 65.2 Å². The minimum Gasteiger partial charge on any atom is -0.508 e. The number of hydrogen-bond donors (Lipinski definition) is 2. The Labute approximate surface area is 174 Å². The third-order valence-corrected chi connectivity index (χ3v) is 5.51. The van der Waals surface area contributed by atoms with E-state index < -0.39 is 17.7 Å². The predicted molar refractivity (Wildman–Crippen MR) is 109 cm³/mol. The summed E-state index contributed by atoms with van der Waals surface area (Å²) in [6.07, 6.45) is 1.54. The van der Waals surface area contributed by atoms with E-state index in [0.29, 0.717) is 23.5 Å². The van der Waals surface area contributed by atoms with Gasteiger partial charge in [0.25, 0.3) is 11.7 Å². The number of amides is 1. The van der Waals surface area contributed by atoms with E-state index in [0.717, 1.165) is 12.8 Å². The Morgan fingerprint density at radius 2 is 1.97 bits per heavy atom. The Morgan fingerprint density at radius 1 is 1.20 bits per heavy atom. The number of aliphatic hydroxyl groups excluding tert-OH is 1. The van der Waals surface area contributed by atoms with E-state index in [2.05, 4.69) is 0 Å². The van der Waals surface area contributed by atoms with Gasteiger partial charge in [0, 0.05) is 18.7 Å².